The summed E-state index contributed by atoms with van der Waals surface area (Å²) in [6.45, 7) is 2.58. The Morgan fingerprint density at radius 1 is 1.50 bits per heavy atom. The van der Waals surface area contributed by atoms with Crippen molar-refractivity contribution in [3.05, 3.63) is 26.9 Å². The summed E-state index contributed by atoms with van der Waals surface area (Å²) in [5.41, 5.74) is -0.956. The van der Waals surface area contributed by atoms with Crippen molar-refractivity contribution in [2.45, 2.75) is 39.2 Å². The lowest BCUT2D eigenvalue weighted by Gasteiger charge is -2.41. The van der Waals surface area contributed by atoms with E-state index in [1.807, 2.05) is 0 Å². The van der Waals surface area contributed by atoms with Gasteiger partial charge in [0.25, 0.3) is 5.56 Å². The maximum absolute atomic E-state index is 11.5. The van der Waals surface area contributed by atoms with Gasteiger partial charge in [0.05, 0.1) is 6.07 Å². The Balaban J connectivity index is 2.35. The summed E-state index contributed by atoms with van der Waals surface area (Å²) in [7, 11) is 0. The Morgan fingerprint density at radius 2 is 2.19 bits per heavy atom. The lowest BCUT2D eigenvalue weighted by Crippen LogP contribution is -2.39. The number of H-pyrrole nitrogens is 1. The summed E-state index contributed by atoms with van der Waals surface area (Å²) in [5.74, 6) is -0.242. The minimum Gasteiger partial charge on any atom is -0.494 e. The molecule has 0 aromatic carbocycles. The van der Waals surface area contributed by atoms with Crippen molar-refractivity contribution in [2.75, 3.05) is 0 Å². The van der Waals surface area contributed by atoms with Crippen LogP contribution in [0.25, 0.3) is 0 Å². The molecule has 1 saturated carbocycles. The van der Waals surface area contributed by atoms with Gasteiger partial charge < -0.3 is 5.11 Å². The van der Waals surface area contributed by atoms with E-state index in [1.54, 1.807) is 0 Å². The second-order valence-corrected chi connectivity index (χ2v) is 4.59. The Kier molecular flexibility index (Phi) is 2.61. The molecule has 0 amide bonds. The third-order valence-electron chi connectivity index (χ3n) is 3.67. The Labute approximate surface area is 92.7 Å². The van der Waals surface area contributed by atoms with E-state index in [9.17, 15) is 14.7 Å². The summed E-state index contributed by atoms with van der Waals surface area (Å²) < 4.78 is 1.25. The predicted molar refractivity (Wildman–Crippen MR) is 59.6 cm³/mol. The molecule has 0 bridgehead atoms. The highest BCUT2D eigenvalue weighted by Gasteiger charge is 2.36. The van der Waals surface area contributed by atoms with Crippen molar-refractivity contribution in [3.63, 3.8) is 0 Å². The van der Waals surface area contributed by atoms with Crippen LogP contribution in [0.2, 0.25) is 0 Å². The Morgan fingerprint density at radius 3 is 2.62 bits per heavy atom. The summed E-state index contributed by atoms with van der Waals surface area (Å²) in [5, 5.41) is 9.59. The zero-order chi connectivity index (χ0) is 11.8. The van der Waals surface area contributed by atoms with Gasteiger partial charge in [0.2, 0.25) is 5.88 Å². The molecule has 0 spiro atoms. The molecule has 0 aliphatic heterocycles. The van der Waals surface area contributed by atoms with Crippen LogP contribution in [0.3, 0.4) is 0 Å². The van der Waals surface area contributed by atoms with Crippen LogP contribution < -0.4 is 11.2 Å². The van der Waals surface area contributed by atoms with Crippen molar-refractivity contribution in [1.82, 2.24) is 9.55 Å². The fourth-order valence-electron chi connectivity index (χ4n) is 2.30. The summed E-state index contributed by atoms with van der Waals surface area (Å²) in [4.78, 5) is 24.7. The number of nitrogens with zero attached hydrogens (tertiary/aromatic N) is 1. The quantitative estimate of drug-likeness (QED) is 0.798. The van der Waals surface area contributed by atoms with Gasteiger partial charge in [-0.3, -0.25) is 14.3 Å². The Bertz CT molecular complexity index is 491. The zero-order valence-electron chi connectivity index (χ0n) is 9.32. The molecule has 1 aliphatic rings. The van der Waals surface area contributed by atoms with Gasteiger partial charge in [0.1, 0.15) is 0 Å². The first-order valence-corrected chi connectivity index (χ1v) is 5.59. The van der Waals surface area contributed by atoms with Gasteiger partial charge in [-0.1, -0.05) is 13.3 Å². The van der Waals surface area contributed by atoms with Crippen LogP contribution in [0.15, 0.2) is 15.7 Å². The van der Waals surface area contributed by atoms with Crippen LogP contribution in [0, 0.1) is 5.41 Å². The van der Waals surface area contributed by atoms with Crippen LogP contribution >= 0.6 is 0 Å². The van der Waals surface area contributed by atoms with Crippen molar-refractivity contribution >= 4 is 0 Å². The molecule has 2 N–H and O–H groups in total. The lowest BCUT2D eigenvalue weighted by atomic mass is 9.67. The van der Waals surface area contributed by atoms with E-state index >= 15 is 0 Å². The van der Waals surface area contributed by atoms with Gasteiger partial charge in [-0.2, -0.15) is 0 Å². The van der Waals surface area contributed by atoms with Gasteiger partial charge in [-0.05, 0) is 24.7 Å². The Hall–Kier alpha value is -1.52. The maximum Gasteiger partial charge on any atom is 0.331 e. The molecule has 2 rings (SSSR count). The molecule has 0 atom stereocenters. The molecule has 5 heteroatoms. The van der Waals surface area contributed by atoms with E-state index < -0.39 is 11.2 Å². The fourth-order valence-corrected chi connectivity index (χ4v) is 2.30. The molecule has 5 nitrogen and oxygen atoms in total. The van der Waals surface area contributed by atoms with Crippen molar-refractivity contribution in [2.24, 2.45) is 5.41 Å². The molecule has 1 aromatic rings. The number of aromatic nitrogens is 2. The maximum atomic E-state index is 11.5. The average Bonchev–Trinajstić information content (AvgIpc) is 2.14. The van der Waals surface area contributed by atoms with E-state index in [0.29, 0.717) is 6.54 Å². The number of aromatic hydroxyl groups is 1. The predicted octanol–water partition coefficient (Wildman–Crippen LogP) is 0.823. The molecule has 16 heavy (non-hydrogen) atoms. The largest absolute Gasteiger partial charge is 0.494 e. The molecular formula is C11H16N2O3. The first-order valence-electron chi connectivity index (χ1n) is 5.59. The minimum atomic E-state index is -0.557. The van der Waals surface area contributed by atoms with Crippen molar-refractivity contribution in [1.29, 1.82) is 0 Å². The molecule has 0 radical (unpaired) electrons. The molecule has 88 valence electrons. The average molecular weight is 224 g/mol. The first kappa shape index (κ1) is 11.0. The first-order chi connectivity index (χ1) is 7.56. The highest BCUT2D eigenvalue weighted by atomic mass is 16.3. The summed E-state index contributed by atoms with van der Waals surface area (Å²) in [6.07, 6.45) is 4.31. The fraction of sp³-hybridized carbons (Fsp3) is 0.636. The highest BCUT2D eigenvalue weighted by Crippen LogP contribution is 2.45. The lowest BCUT2D eigenvalue weighted by molar-refractivity contribution is 0.0940. The number of hydrogen-bond acceptors (Lipinski definition) is 3. The second kappa shape index (κ2) is 3.81. The molecule has 0 unspecified atom stereocenters. The number of rotatable bonds is 3. The smallest absolute Gasteiger partial charge is 0.331 e. The number of aromatic amines is 1. The SMILES string of the molecule is CCC1(Cn2c(O)cc(=O)[nH]c2=O)CCC1. The van der Waals surface area contributed by atoms with Gasteiger partial charge >= 0.3 is 5.69 Å². The molecular weight excluding hydrogens is 208 g/mol. The monoisotopic (exact) mass is 224 g/mol. The van der Waals surface area contributed by atoms with Crippen molar-refractivity contribution < 1.29 is 5.11 Å². The molecule has 1 heterocycles. The highest BCUT2D eigenvalue weighted by molar-refractivity contribution is 5.07. The van der Waals surface area contributed by atoms with Crippen molar-refractivity contribution in [3.8, 4) is 5.88 Å². The zero-order valence-corrected chi connectivity index (χ0v) is 9.32. The standard InChI is InChI=1S/C11H16N2O3/c1-2-11(4-3-5-11)7-13-9(15)6-8(14)12-10(13)16/h6,15H,2-5,7H2,1H3,(H,12,14,16). The molecule has 0 saturated heterocycles. The molecule has 1 fully saturated rings. The van der Waals surface area contributed by atoms with Gasteiger partial charge in [0.15, 0.2) is 0 Å². The van der Waals surface area contributed by atoms with Crippen LogP contribution in [0.5, 0.6) is 5.88 Å². The van der Waals surface area contributed by atoms with E-state index in [2.05, 4.69) is 11.9 Å². The minimum absolute atomic E-state index is 0.125. The number of nitrogens with one attached hydrogen (secondary N) is 1. The van der Waals surface area contributed by atoms with Crippen LogP contribution in [-0.4, -0.2) is 14.7 Å². The second-order valence-electron chi connectivity index (χ2n) is 4.59. The van der Waals surface area contributed by atoms with E-state index in [0.717, 1.165) is 25.3 Å². The third-order valence-corrected chi connectivity index (χ3v) is 3.67. The van der Waals surface area contributed by atoms with E-state index in [-0.39, 0.29) is 11.3 Å². The molecule has 1 aromatic heterocycles. The van der Waals surface area contributed by atoms with Gasteiger partial charge in [0, 0.05) is 6.54 Å². The van der Waals surface area contributed by atoms with Crippen LogP contribution in [0.4, 0.5) is 0 Å². The van der Waals surface area contributed by atoms with E-state index in [1.165, 1.54) is 11.0 Å². The number of hydrogen-bond donors (Lipinski definition) is 2. The third kappa shape index (κ3) is 1.77. The van der Waals surface area contributed by atoms with Crippen LogP contribution in [0.1, 0.15) is 32.6 Å². The van der Waals surface area contributed by atoms with Gasteiger partial charge in [-0.15, -0.1) is 0 Å². The molecule has 1 aliphatic carbocycles. The topological polar surface area (TPSA) is 75.1 Å². The van der Waals surface area contributed by atoms with Crippen LogP contribution in [-0.2, 0) is 6.54 Å². The van der Waals surface area contributed by atoms with Gasteiger partial charge in [-0.25, -0.2) is 4.79 Å². The summed E-state index contributed by atoms with van der Waals surface area (Å²) in [6, 6.07) is 1.05. The summed E-state index contributed by atoms with van der Waals surface area (Å²) >= 11 is 0. The normalized spacial score (nSPS) is 18.1. The van der Waals surface area contributed by atoms with E-state index in [4.69, 9.17) is 0 Å².